The predicted octanol–water partition coefficient (Wildman–Crippen LogP) is 2.08. The molecule has 1 saturated carbocycles. The lowest BCUT2D eigenvalue weighted by Gasteiger charge is -2.43. The first-order valence-electron chi connectivity index (χ1n) is 9.46. The van der Waals surface area contributed by atoms with Crippen LogP contribution in [0.2, 0.25) is 0 Å². The lowest BCUT2D eigenvalue weighted by molar-refractivity contribution is -0.147. The summed E-state index contributed by atoms with van der Waals surface area (Å²) in [4.78, 5) is 28.8. The molecule has 1 unspecified atom stereocenters. The first kappa shape index (κ1) is 18.8. The van der Waals surface area contributed by atoms with E-state index in [9.17, 15) is 19.1 Å². The minimum atomic E-state index is -1.01. The van der Waals surface area contributed by atoms with Gasteiger partial charge < -0.3 is 14.9 Å². The Morgan fingerprint density at radius 3 is 2.08 bits per heavy atom. The summed E-state index contributed by atoms with van der Waals surface area (Å²) in [6, 6.07) is 6.34. The largest absolute Gasteiger partial charge is 0.384 e. The molecule has 2 fully saturated rings. The van der Waals surface area contributed by atoms with Crippen molar-refractivity contribution in [3.63, 3.8) is 0 Å². The second-order valence-corrected chi connectivity index (χ2v) is 7.44. The monoisotopic (exact) mass is 362 g/mol. The van der Waals surface area contributed by atoms with Crippen molar-refractivity contribution in [3.8, 4) is 0 Å². The molecule has 1 saturated heterocycles. The molecule has 142 valence electrons. The van der Waals surface area contributed by atoms with Gasteiger partial charge in [-0.3, -0.25) is 9.59 Å². The zero-order valence-electron chi connectivity index (χ0n) is 15.3. The Labute approximate surface area is 153 Å². The van der Waals surface area contributed by atoms with Crippen LogP contribution in [0.4, 0.5) is 4.39 Å². The van der Waals surface area contributed by atoms with Crippen molar-refractivity contribution in [2.75, 3.05) is 26.2 Å². The van der Waals surface area contributed by atoms with Gasteiger partial charge in [0.1, 0.15) is 11.9 Å². The fourth-order valence-corrected chi connectivity index (χ4v) is 4.25. The minimum absolute atomic E-state index is 0.0907. The highest BCUT2D eigenvalue weighted by Crippen LogP contribution is 2.41. The third-order valence-corrected chi connectivity index (χ3v) is 5.75. The summed E-state index contributed by atoms with van der Waals surface area (Å²) < 4.78 is 13.4. The Morgan fingerprint density at radius 1 is 1.00 bits per heavy atom. The highest BCUT2D eigenvalue weighted by molar-refractivity contribution is 5.89. The van der Waals surface area contributed by atoms with Crippen LogP contribution in [0, 0.1) is 5.82 Å². The van der Waals surface area contributed by atoms with Crippen molar-refractivity contribution < 1.29 is 19.1 Å². The van der Waals surface area contributed by atoms with E-state index in [1.54, 1.807) is 17.0 Å². The molecule has 2 aliphatic rings. The Balaban J connectivity index is 1.77. The highest BCUT2D eigenvalue weighted by Gasteiger charge is 2.44. The number of piperazine rings is 1. The van der Waals surface area contributed by atoms with Crippen LogP contribution in [-0.2, 0) is 15.0 Å². The zero-order chi connectivity index (χ0) is 18.7. The van der Waals surface area contributed by atoms with Gasteiger partial charge >= 0.3 is 0 Å². The number of hydrogen-bond acceptors (Lipinski definition) is 3. The molecule has 3 rings (SSSR count). The maximum absolute atomic E-state index is 13.5. The number of aliphatic hydroxyl groups is 1. The molecule has 6 heteroatoms. The van der Waals surface area contributed by atoms with Crippen molar-refractivity contribution >= 4 is 11.8 Å². The van der Waals surface area contributed by atoms with Gasteiger partial charge in [0, 0.05) is 26.2 Å². The molecular formula is C20H27FN2O3. The van der Waals surface area contributed by atoms with E-state index in [1.165, 1.54) is 19.1 Å². The number of halogens is 1. The van der Waals surface area contributed by atoms with Gasteiger partial charge in [0.25, 0.3) is 5.91 Å². The van der Waals surface area contributed by atoms with Gasteiger partial charge in [-0.2, -0.15) is 0 Å². The van der Waals surface area contributed by atoms with E-state index < -0.39 is 11.5 Å². The number of rotatable bonds is 3. The summed E-state index contributed by atoms with van der Waals surface area (Å²) in [7, 11) is 0. The molecule has 1 aliphatic carbocycles. The van der Waals surface area contributed by atoms with Crippen molar-refractivity contribution in [2.45, 2.75) is 50.5 Å². The third kappa shape index (κ3) is 3.61. The van der Waals surface area contributed by atoms with Crippen molar-refractivity contribution in [1.82, 2.24) is 9.80 Å². The van der Waals surface area contributed by atoms with E-state index in [-0.39, 0.29) is 17.6 Å². The number of aliphatic hydroxyl groups excluding tert-OH is 1. The van der Waals surface area contributed by atoms with E-state index in [0.29, 0.717) is 26.2 Å². The highest BCUT2D eigenvalue weighted by atomic mass is 19.1. The van der Waals surface area contributed by atoms with Crippen LogP contribution in [0.1, 0.15) is 44.6 Å². The molecule has 2 amide bonds. The second-order valence-electron chi connectivity index (χ2n) is 7.44. The molecule has 1 heterocycles. The fraction of sp³-hybridized carbons (Fsp3) is 0.600. The Morgan fingerprint density at radius 2 is 1.54 bits per heavy atom. The SMILES string of the molecule is CC(O)C(=O)N1CCN(C(=O)C2(c3ccc(F)cc3)CCCCC2)CC1. The van der Waals surface area contributed by atoms with Crippen LogP contribution in [0.15, 0.2) is 24.3 Å². The van der Waals surface area contributed by atoms with Gasteiger partial charge in [-0.1, -0.05) is 31.4 Å². The van der Waals surface area contributed by atoms with Crippen LogP contribution >= 0.6 is 0 Å². The zero-order valence-corrected chi connectivity index (χ0v) is 15.3. The van der Waals surface area contributed by atoms with Gasteiger partial charge in [0.15, 0.2) is 0 Å². The number of carbonyl (C=O) groups is 2. The first-order valence-corrected chi connectivity index (χ1v) is 9.46. The molecule has 0 aromatic heterocycles. The summed E-state index contributed by atoms with van der Waals surface area (Å²) in [5.74, 6) is -0.492. The normalized spacial score (nSPS) is 21.3. The molecule has 5 nitrogen and oxygen atoms in total. The van der Waals surface area contributed by atoms with Crippen molar-refractivity contribution in [2.24, 2.45) is 0 Å². The van der Waals surface area contributed by atoms with Crippen LogP contribution < -0.4 is 0 Å². The maximum Gasteiger partial charge on any atom is 0.251 e. The molecule has 1 N–H and O–H groups in total. The van der Waals surface area contributed by atoms with Gasteiger partial charge in [-0.15, -0.1) is 0 Å². The lowest BCUT2D eigenvalue weighted by Crippen LogP contribution is -2.57. The van der Waals surface area contributed by atoms with E-state index in [4.69, 9.17) is 0 Å². The number of nitrogens with zero attached hydrogens (tertiary/aromatic N) is 2. The number of benzene rings is 1. The van der Waals surface area contributed by atoms with Crippen LogP contribution in [0.5, 0.6) is 0 Å². The Bertz CT molecular complexity index is 646. The number of amides is 2. The van der Waals surface area contributed by atoms with E-state index in [1.807, 2.05) is 4.90 Å². The Kier molecular flexibility index (Phi) is 5.61. The van der Waals surface area contributed by atoms with Gasteiger partial charge in [-0.25, -0.2) is 4.39 Å². The van der Waals surface area contributed by atoms with Crippen LogP contribution in [0.25, 0.3) is 0 Å². The van der Waals surface area contributed by atoms with E-state index in [2.05, 4.69) is 0 Å². The average Bonchev–Trinajstić information content (AvgIpc) is 2.68. The molecule has 1 aromatic carbocycles. The van der Waals surface area contributed by atoms with Gasteiger partial charge in [0.2, 0.25) is 5.91 Å². The summed E-state index contributed by atoms with van der Waals surface area (Å²) in [5, 5.41) is 9.46. The lowest BCUT2D eigenvalue weighted by atomic mass is 9.68. The van der Waals surface area contributed by atoms with Crippen LogP contribution in [-0.4, -0.2) is 59.0 Å². The van der Waals surface area contributed by atoms with Crippen molar-refractivity contribution in [3.05, 3.63) is 35.6 Å². The average molecular weight is 362 g/mol. The molecule has 0 spiro atoms. The second kappa shape index (κ2) is 7.74. The summed E-state index contributed by atoms with van der Waals surface area (Å²) in [5.41, 5.74) is 0.314. The first-order chi connectivity index (χ1) is 12.4. The molecule has 1 aromatic rings. The van der Waals surface area contributed by atoms with E-state index in [0.717, 1.165) is 37.7 Å². The van der Waals surface area contributed by atoms with Crippen molar-refractivity contribution in [1.29, 1.82) is 0 Å². The third-order valence-electron chi connectivity index (χ3n) is 5.75. The summed E-state index contributed by atoms with van der Waals surface area (Å²) >= 11 is 0. The number of hydrogen-bond donors (Lipinski definition) is 1. The topological polar surface area (TPSA) is 60.9 Å². The smallest absolute Gasteiger partial charge is 0.251 e. The summed E-state index contributed by atoms with van der Waals surface area (Å²) in [6.45, 7) is 3.29. The van der Waals surface area contributed by atoms with Gasteiger partial charge in [-0.05, 0) is 37.5 Å². The fourth-order valence-electron chi connectivity index (χ4n) is 4.25. The van der Waals surface area contributed by atoms with E-state index >= 15 is 0 Å². The predicted molar refractivity (Wildman–Crippen MR) is 96.0 cm³/mol. The Hall–Kier alpha value is -1.95. The molecule has 1 atom stereocenters. The molecule has 1 aliphatic heterocycles. The molecule has 0 radical (unpaired) electrons. The van der Waals surface area contributed by atoms with Gasteiger partial charge in [0.05, 0.1) is 5.41 Å². The van der Waals surface area contributed by atoms with Crippen LogP contribution in [0.3, 0.4) is 0 Å². The number of carbonyl (C=O) groups excluding carboxylic acids is 2. The molecule has 26 heavy (non-hydrogen) atoms. The minimum Gasteiger partial charge on any atom is -0.384 e. The molecular weight excluding hydrogens is 335 g/mol. The standard InChI is InChI=1S/C20H27FN2O3/c1-15(24)18(25)22-11-13-23(14-12-22)19(26)20(9-3-2-4-10-20)16-5-7-17(21)8-6-16/h5-8,15,24H,2-4,9-14H2,1H3. The molecule has 0 bridgehead atoms. The summed E-state index contributed by atoms with van der Waals surface area (Å²) in [6.07, 6.45) is 3.65. The quantitative estimate of drug-likeness (QED) is 0.896. The maximum atomic E-state index is 13.5.